The molecule has 9 heteroatoms. The Morgan fingerprint density at radius 2 is 1.89 bits per heavy atom. The van der Waals surface area contributed by atoms with Crippen molar-refractivity contribution in [2.75, 3.05) is 14.2 Å². The maximum absolute atomic E-state index is 6.10. The lowest BCUT2D eigenvalue weighted by molar-refractivity contribution is 0.372. The van der Waals surface area contributed by atoms with Crippen molar-refractivity contribution in [2.24, 2.45) is 4.99 Å². The Hall–Kier alpha value is -1.80. The first-order chi connectivity index (χ1) is 9.13. The number of halogens is 1. The van der Waals surface area contributed by atoms with Crippen LogP contribution in [0.15, 0.2) is 11.1 Å². The second-order valence-corrected chi connectivity index (χ2v) is 4.45. The maximum atomic E-state index is 6.10. The fourth-order valence-electron chi connectivity index (χ4n) is 1.21. The highest BCUT2D eigenvalue weighted by Crippen LogP contribution is 2.21. The second kappa shape index (κ2) is 5.89. The molecule has 0 radical (unpaired) electrons. The third-order valence-corrected chi connectivity index (χ3v) is 3.34. The highest BCUT2D eigenvalue weighted by Gasteiger charge is 2.11. The molecule has 0 atom stereocenters. The highest BCUT2D eigenvalue weighted by atomic mass is 35.5. The Morgan fingerprint density at radius 1 is 1.26 bits per heavy atom. The summed E-state index contributed by atoms with van der Waals surface area (Å²) in [5, 5.41) is 4.08. The van der Waals surface area contributed by atoms with Gasteiger partial charge in [-0.15, -0.1) is 5.10 Å². The normalized spacial score (nSPS) is 11.5. The molecular weight excluding hydrogens is 290 g/mol. The molecule has 2 aromatic rings. The lowest BCUT2D eigenvalue weighted by atomic mass is 10.4. The number of nitrogens with zero attached hydrogens (tertiary/aromatic N) is 5. The van der Waals surface area contributed by atoms with Gasteiger partial charge in [0.1, 0.15) is 4.88 Å². The predicted octanol–water partition coefficient (Wildman–Crippen LogP) is 1.97. The van der Waals surface area contributed by atoms with Gasteiger partial charge in [0.05, 0.1) is 26.0 Å². The number of aliphatic imine (C=N–C) groups is 1. The van der Waals surface area contributed by atoms with Crippen LogP contribution in [0.3, 0.4) is 0 Å². The standard InChI is InChI=1S/C10H10ClN5O2S/c1-5-8(19-16-15-5)9(11)14-10-12-6(17-2)4-7(13-10)18-3/h4H,1-3H3. The number of hydrogen-bond acceptors (Lipinski definition) is 8. The molecule has 2 aromatic heterocycles. The molecule has 2 rings (SSSR count). The van der Waals surface area contributed by atoms with E-state index in [1.54, 1.807) is 13.0 Å². The first kappa shape index (κ1) is 13.6. The molecule has 0 amide bonds. The predicted molar refractivity (Wildman–Crippen MR) is 71.8 cm³/mol. The number of hydrogen-bond donors (Lipinski definition) is 0. The van der Waals surface area contributed by atoms with Crippen LogP contribution in [0.5, 0.6) is 11.8 Å². The summed E-state index contributed by atoms with van der Waals surface area (Å²) in [6.45, 7) is 1.80. The van der Waals surface area contributed by atoms with E-state index in [-0.39, 0.29) is 11.1 Å². The van der Waals surface area contributed by atoms with E-state index < -0.39 is 0 Å². The summed E-state index contributed by atoms with van der Waals surface area (Å²) >= 11 is 7.25. The van der Waals surface area contributed by atoms with Gasteiger partial charge >= 0.3 is 0 Å². The third-order valence-electron chi connectivity index (χ3n) is 2.12. The number of aryl methyl sites for hydroxylation is 1. The summed E-state index contributed by atoms with van der Waals surface area (Å²) in [5.41, 5.74) is 0.702. The summed E-state index contributed by atoms with van der Waals surface area (Å²) in [5.74, 6) is 0.831. The minimum Gasteiger partial charge on any atom is -0.481 e. The molecule has 2 heterocycles. The van der Waals surface area contributed by atoms with Gasteiger partial charge in [-0.2, -0.15) is 15.0 Å². The Bertz CT molecular complexity index is 593. The van der Waals surface area contributed by atoms with Crippen LogP contribution in [-0.4, -0.2) is 38.9 Å². The van der Waals surface area contributed by atoms with Crippen molar-refractivity contribution < 1.29 is 9.47 Å². The van der Waals surface area contributed by atoms with Crippen LogP contribution in [0.2, 0.25) is 0 Å². The summed E-state index contributed by atoms with van der Waals surface area (Å²) in [7, 11) is 2.99. The molecule has 0 saturated heterocycles. The molecule has 19 heavy (non-hydrogen) atoms. The molecule has 0 aliphatic rings. The Morgan fingerprint density at radius 3 is 2.37 bits per heavy atom. The van der Waals surface area contributed by atoms with Gasteiger partial charge in [0.25, 0.3) is 5.95 Å². The highest BCUT2D eigenvalue weighted by molar-refractivity contribution is 7.10. The van der Waals surface area contributed by atoms with Gasteiger partial charge in [-0.25, -0.2) is 0 Å². The van der Waals surface area contributed by atoms with Crippen LogP contribution in [0.25, 0.3) is 0 Å². The van der Waals surface area contributed by atoms with Crippen molar-refractivity contribution >= 4 is 34.3 Å². The summed E-state index contributed by atoms with van der Waals surface area (Å²) in [6.07, 6.45) is 0. The van der Waals surface area contributed by atoms with Gasteiger partial charge in [0.2, 0.25) is 11.8 Å². The molecule has 0 aliphatic carbocycles. The monoisotopic (exact) mass is 299 g/mol. The first-order valence-corrected chi connectivity index (χ1v) is 6.29. The van der Waals surface area contributed by atoms with Crippen LogP contribution in [-0.2, 0) is 0 Å². The second-order valence-electron chi connectivity index (χ2n) is 3.34. The molecule has 0 N–H and O–H groups in total. The zero-order valence-electron chi connectivity index (χ0n) is 10.4. The minimum absolute atomic E-state index is 0.147. The lowest BCUT2D eigenvalue weighted by Gasteiger charge is -2.03. The molecule has 0 saturated carbocycles. The van der Waals surface area contributed by atoms with Gasteiger partial charge in [0, 0.05) is 0 Å². The van der Waals surface area contributed by atoms with Crippen LogP contribution < -0.4 is 9.47 Å². The average Bonchev–Trinajstić information content (AvgIpc) is 2.84. The number of rotatable bonds is 4. The molecule has 100 valence electrons. The maximum Gasteiger partial charge on any atom is 0.257 e. The van der Waals surface area contributed by atoms with Crippen molar-refractivity contribution in [3.05, 3.63) is 16.6 Å². The summed E-state index contributed by atoms with van der Waals surface area (Å²) in [4.78, 5) is 12.9. The van der Waals surface area contributed by atoms with Gasteiger partial charge in [-0.05, 0) is 18.5 Å². The molecule has 0 fully saturated rings. The fraction of sp³-hybridized carbons (Fsp3) is 0.300. The van der Waals surface area contributed by atoms with E-state index in [4.69, 9.17) is 21.1 Å². The minimum atomic E-state index is 0.147. The van der Waals surface area contributed by atoms with E-state index in [9.17, 15) is 0 Å². The van der Waals surface area contributed by atoms with E-state index in [1.165, 1.54) is 14.2 Å². The van der Waals surface area contributed by atoms with Crippen molar-refractivity contribution in [1.82, 2.24) is 19.6 Å². The first-order valence-electron chi connectivity index (χ1n) is 5.14. The SMILES string of the molecule is COc1cc(OC)nc(N=C(Cl)c2snnc2C)n1. The topological polar surface area (TPSA) is 82.4 Å². The summed E-state index contributed by atoms with van der Waals surface area (Å²) < 4.78 is 13.8. The van der Waals surface area contributed by atoms with Gasteiger partial charge < -0.3 is 9.47 Å². The molecule has 7 nitrogen and oxygen atoms in total. The Kier molecular flexibility index (Phi) is 4.23. The zero-order valence-corrected chi connectivity index (χ0v) is 12.0. The van der Waals surface area contributed by atoms with Crippen LogP contribution in [0.4, 0.5) is 5.95 Å². The van der Waals surface area contributed by atoms with E-state index in [2.05, 4.69) is 24.5 Å². The molecule has 0 spiro atoms. The smallest absolute Gasteiger partial charge is 0.257 e. The quantitative estimate of drug-likeness (QED) is 0.803. The van der Waals surface area contributed by atoms with Crippen molar-refractivity contribution in [3.8, 4) is 11.8 Å². The molecular formula is C10H10ClN5O2S. The largest absolute Gasteiger partial charge is 0.481 e. The van der Waals surface area contributed by atoms with Crippen LogP contribution in [0.1, 0.15) is 10.6 Å². The third kappa shape index (κ3) is 3.15. The number of methoxy groups -OCH3 is 2. The number of aromatic nitrogens is 4. The average molecular weight is 300 g/mol. The lowest BCUT2D eigenvalue weighted by Crippen LogP contribution is -1.96. The van der Waals surface area contributed by atoms with Crippen molar-refractivity contribution in [1.29, 1.82) is 0 Å². The number of ether oxygens (including phenoxy) is 2. The molecule has 0 aliphatic heterocycles. The van der Waals surface area contributed by atoms with Crippen molar-refractivity contribution in [2.45, 2.75) is 6.92 Å². The van der Waals surface area contributed by atoms with E-state index in [1.807, 2.05) is 0 Å². The van der Waals surface area contributed by atoms with Crippen LogP contribution >= 0.6 is 23.1 Å². The Balaban J connectivity index is 2.39. The van der Waals surface area contributed by atoms with Crippen molar-refractivity contribution in [3.63, 3.8) is 0 Å². The fourth-order valence-corrected chi connectivity index (χ4v) is 2.07. The van der Waals surface area contributed by atoms with Gasteiger partial charge in [-0.3, -0.25) is 0 Å². The van der Waals surface area contributed by atoms with Crippen LogP contribution in [0, 0.1) is 6.92 Å². The zero-order chi connectivity index (χ0) is 13.8. The van der Waals surface area contributed by atoms with Gasteiger partial charge in [0.15, 0.2) is 5.17 Å². The van der Waals surface area contributed by atoms with E-state index in [0.29, 0.717) is 22.3 Å². The van der Waals surface area contributed by atoms with E-state index in [0.717, 1.165) is 11.5 Å². The molecule has 0 bridgehead atoms. The molecule has 0 aromatic carbocycles. The molecule has 0 unspecified atom stereocenters. The van der Waals surface area contributed by atoms with E-state index >= 15 is 0 Å². The Labute approximate surface area is 118 Å². The summed E-state index contributed by atoms with van der Waals surface area (Å²) in [6, 6.07) is 1.55. The van der Waals surface area contributed by atoms with Gasteiger partial charge in [-0.1, -0.05) is 16.1 Å².